The van der Waals surface area contributed by atoms with Crippen LogP contribution in [0.15, 0.2) is 29.1 Å². The third-order valence-electron chi connectivity index (χ3n) is 2.17. The van der Waals surface area contributed by atoms with Gasteiger partial charge in [0.1, 0.15) is 5.82 Å². The van der Waals surface area contributed by atoms with E-state index in [9.17, 15) is 4.79 Å². The van der Waals surface area contributed by atoms with E-state index in [1.165, 1.54) is 0 Å². The van der Waals surface area contributed by atoms with Gasteiger partial charge < -0.3 is 0 Å². The Morgan fingerprint density at radius 2 is 2.14 bits per heavy atom. The van der Waals surface area contributed by atoms with Gasteiger partial charge in [0.05, 0.1) is 16.4 Å². The highest BCUT2D eigenvalue weighted by Crippen LogP contribution is 2.07. The van der Waals surface area contributed by atoms with Crippen LogP contribution in [0, 0.1) is 6.92 Å². The van der Waals surface area contributed by atoms with Crippen LogP contribution in [-0.4, -0.2) is 9.55 Å². The molecule has 0 fully saturated rings. The molecule has 0 N–H and O–H groups in total. The fourth-order valence-electron chi connectivity index (χ4n) is 1.42. The monoisotopic (exact) mass is 252 g/mol. The summed E-state index contributed by atoms with van der Waals surface area (Å²) in [5.41, 5.74) is 1.24. The maximum atomic E-state index is 11.9. The van der Waals surface area contributed by atoms with E-state index < -0.39 is 0 Å². The molecule has 0 saturated carbocycles. The van der Waals surface area contributed by atoms with Crippen molar-refractivity contribution < 1.29 is 0 Å². The number of halogens is 1. The molecule has 1 aromatic carbocycles. The average molecular weight is 253 g/mol. The molecule has 0 unspecified atom stereocenters. The molecule has 72 valence electrons. The van der Waals surface area contributed by atoms with Gasteiger partial charge in [0.2, 0.25) is 0 Å². The lowest BCUT2D eigenvalue weighted by atomic mass is 10.2. The molecule has 1 aromatic heterocycles. The molecule has 0 aliphatic rings. The van der Waals surface area contributed by atoms with Gasteiger partial charge in [-0.1, -0.05) is 28.1 Å². The van der Waals surface area contributed by atoms with Crippen LogP contribution in [0.4, 0.5) is 0 Å². The van der Waals surface area contributed by atoms with Crippen molar-refractivity contribution in [2.45, 2.75) is 12.4 Å². The van der Waals surface area contributed by atoms with Crippen molar-refractivity contribution in [3.8, 4) is 0 Å². The SMILES string of the molecule is Cc1nc2ccccc2c(=O)n1CBr. The molecule has 0 atom stereocenters. The maximum Gasteiger partial charge on any atom is 0.262 e. The number of benzene rings is 1. The molecule has 0 amide bonds. The number of para-hydroxylation sites is 1. The number of hydrogen-bond acceptors (Lipinski definition) is 2. The zero-order chi connectivity index (χ0) is 10.1. The van der Waals surface area contributed by atoms with Crippen LogP contribution in [0.5, 0.6) is 0 Å². The first kappa shape index (κ1) is 9.40. The summed E-state index contributed by atoms with van der Waals surface area (Å²) in [6.45, 7) is 1.83. The van der Waals surface area contributed by atoms with Crippen molar-refractivity contribution in [2.75, 3.05) is 0 Å². The van der Waals surface area contributed by atoms with Crippen LogP contribution in [0.25, 0.3) is 10.9 Å². The maximum absolute atomic E-state index is 11.9. The summed E-state index contributed by atoms with van der Waals surface area (Å²) >= 11 is 3.27. The Hall–Kier alpha value is -1.16. The van der Waals surface area contributed by atoms with Crippen LogP contribution in [0.2, 0.25) is 0 Å². The summed E-state index contributed by atoms with van der Waals surface area (Å²) in [4.78, 5) is 16.2. The minimum absolute atomic E-state index is 0.00461. The third kappa shape index (κ3) is 1.35. The predicted molar refractivity (Wildman–Crippen MR) is 59.7 cm³/mol. The number of alkyl halides is 1. The highest BCUT2D eigenvalue weighted by Gasteiger charge is 2.05. The van der Waals surface area contributed by atoms with Gasteiger partial charge in [0, 0.05) is 0 Å². The molecule has 0 spiro atoms. The number of rotatable bonds is 1. The summed E-state index contributed by atoms with van der Waals surface area (Å²) in [6, 6.07) is 7.37. The zero-order valence-corrected chi connectivity index (χ0v) is 9.28. The van der Waals surface area contributed by atoms with Crippen molar-refractivity contribution >= 4 is 26.8 Å². The van der Waals surface area contributed by atoms with Crippen molar-refractivity contribution in [2.24, 2.45) is 0 Å². The normalized spacial score (nSPS) is 10.7. The molecule has 1 heterocycles. The fourth-order valence-corrected chi connectivity index (χ4v) is 2.01. The summed E-state index contributed by atoms with van der Waals surface area (Å²) in [7, 11) is 0. The Labute approximate surface area is 89.5 Å². The van der Waals surface area contributed by atoms with Gasteiger partial charge >= 0.3 is 0 Å². The molecule has 3 nitrogen and oxygen atoms in total. The molecule has 14 heavy (non-hydrogen) atoms. The lowest BCUT2D eigenvalue weighted by Crippen LogP contribution is -2.21. The summed E-state index contributed by atoms with van der Waals surface area (Å²) in [5, 5.41) is 0.664. The standard InChI is InChI=1S/C10H9BrN2O/c1-7-12-9-5-3-2-4-8(9)10(14)13(7)6-11/h2-5H,6H2,1H3. The highest BCUT2D eigenvalue weighted by molar-refractivity contribution is 9.08. The lowest BCUT2D eigenvalue weighted by Gasteiger charge is -2.06. The zero-order valence-electron chi connectivity index (χ0n) is 7.70. The number of aromatic nitrogens is 2. The molecule has 0 aliphatic heterocycles. The van der Waals surface area contributed by atoms with Crippen molar-refractivity contribution in [1.29, 1.82) is 0 Å². The minimum atomic E-state index is 0.00461. The summed E-state index contributed by atoms with van der Waals surface area (Å²) in [6.07, 6.45) is 0. The van der Waals surface area contributed by atoms with Gasteiger partial charge in [-0.15, -0.1) is 0 Å². The molecule has 4 heteroatoms. The first-order chi connectivity index (χ1) is 6.74. The molecule has 2 aromatic rings. The van der Waals surface area contributed by atoms with Crippen LogP contribution < -0.4 is 5.56 Å². The Morgan fingerprint density at radius 3 is 2.86 bits per heavy atom. The van der Waals surface area contributed by atoms with E-state index in [1.54, 1.807) is 10.6 Å². The van der Waals surface area contributed by atoms with Crippen molar-refractivity contribution in [3.63, 3.8) is 0 Å². The van der Waals surface area contributed by atoms with Crippen LogP contribution in [0.3, 0.4) is 0 Å². The van der Waals surface area contributed by atoms with E-state index in [-0.39, 0.29) is 5.56 Å². The van der Waals surface area contributed by atoms with Gasteiger partial charge in [-0.2, -0.15) is 0 Å². The van der Waals surface area contributed by atoms with E-state index in [0.29, 0.717) is 10.8 Å². The number of aryl methyl sites for hydroxylation is 1. The Morgan fingerprint density at radius 1 is 1.43 bits per heavy atom. The molecular formula is C10H9BrN2O. The number of nitrogens with zero attached hydrogens (tertiary/aromatic N) is 2. The fraction of sp³-hybridized carbons (Fsp3) is 0.200. The van der Waals surface area contributed by atoms with Crippen LogP contribution in [-0.2, 0) is 5.45 Å². The number of fused-ring (bicyclic) bond motifs is 1. The highest BCUT2D eigenvalue weighted by atomic mass is 79.9. The van der Waals surface area contributed by atoms with E-state index in [1.807, 2.05) is 25.1 Å². The van der Waals surface area contributed by atoms with Gasteiger partial charge in [0.25, 0.3) is 5.56 Å². The molecule has 2 rings (SSSR count). The quantitative estimate of drug-likeness (QED) is 0.729. The summed E-state index contributed by atoms with van der Waals surface area (Å²) < 4.78 is 1.60. The smallest absolute Gasteiger partial charge is 0.262 e. The van der Waals surface area contributed by atoms with Gasteiger partial charge in [-0.3, -0.25) is 9.36 Å². The largest absolute Gasteiger partial charge is 0.286 e. The second kappa shape index (κ2) is 3.53. The first-order valence-electron chi connectivity index (χ1n) is 4.26. The summed E-state index contributed by atoms with van der Waals surface area (Å²) in [5.74, 6) is 0.727. The van der Waals surface area contributed by atoms with Gasteiger partial charge in [0.15, 0.2) is 0 Å². The predicted octanol–water partition coefficient (Wildman–Crippen LogP) is 2.06. The third-order valence-corrected chi connectivity index (χ3v) is 2.67. The van der Waals surface area contributed by atoms with Crippen molar-refractivity contribution in [3.05, 3.63) is 40.4 Å². The second-order valence-electron chi connectivity index (χ2n) is 3.03. The second-order valence-corrected chi connectivity index (χ2v) is 3.53. The van der Waals surface area contributed by atoms with E-state index in [4.69, 9.17) is 0 Å². The Bertz CT molecular complexity index is 533. The molecule has 0 saturated heterocycles. The van der Waals surface area contributed by atoms with Crippen molar-refractivity contribution in [1.82, 2.24) is 9.55 Å². The van der Waals surface area contributed by atoms with Crippen LogP contribution >= 0.6 is 15.9 Å². The van der Waals surface area contributed by atoms with Gasteiger partial charge in [-0.05, 0) is 19.1 Å². The first-order valence-corrected chi connectivity index (χ1v) is 5.38. The Kier molecular flexibility index (Phi) is 2.37. The van der Waals surface area contributed by atoms with Gasteiger partial charge in [-0.25, -0.2) is 4.98 Å². The average Bonchev–Trinajstić information content (AvgIpc) is 2.18. The molecular weight excluding hydrogens is 244 g/mol. The molecule has 0 radical (unpaired) electrons. The Balaban J connectivity index is 2.93. The van der Waals surface area contributed by atoms with E-state index in [2.05, 4.69) is 20.9 Å². The molecule has 0 aliphatic carbocycles. The van der Waals surface area contributed by atoms with E-state index in [0.717, 1.165) is 11.3 Å². The molecule has 0 bridgehead atoms. The van der Waals surface area contributed by atoms with E-state index >= 15 is 0 Å². The topological polar surface area (TPSA) is 34.9 Å². The van der Waals surface area contributed by atoms with Crippen LogP contribution in [0.1, 0.15) is 5.82 Å². The number of hydrogen-bond donors (Lipinski definition) is 0. The lowest BCUT2D eigenvalue weighted by molar-refractivity contribution is 0.784. The minimum Gasteiger partial charge on any atom is -0.286 e.